The molecule has 3 heteroatoms. The molecular formula is C13H17ClFN. The molecule has 0 amide bonds. The first kappa shape index (κ1) is 11.9. The van der Waals surface area contributed by atoms with E-state index in [1.165, 1.54) is 0 Å². The lowest BCUT2D eigenvalue weighted by Gasteiger charge is -2.23. The molecule has 2 rings (SSSR count). The van der Waals surface area contributed by atoms with E-state index in [2.05, 4.69) is 5.32 Å². The van der Waals surface area contributed by atoms with E-state index >= 15 is 0 Å². The van der Waals surface area contributed by atoms with E-state index in [1.807, 2.05) is 12.1 Å². The van der Waals surface area contributed by atoms with Crippen molar-refractivity contribution in [2.24, 2.45) is 0 Å². The van der Waals surface area contributed by atoms with Crippen LogP contribution in [-0.4, -0.2) is 13.1 Å². The van der Waals surface area contributed by atoms with Crippen LogP contribution in [0.25, 0.3) is 0 Å². The average molecular weight is 242 g/mol. The van der Waals surface area contributed by atoms with Crippen molar-refractivity contribution in [1.29, 1.82) is 0 Å². The number of alkyl halides is 1. The standard InChI is InChI=1S/C13H17ClFN/c1-13(2,15)12-10(4-3-5-11(12)14)9-6-7-16-8-9/h3-5,9,16H,6-8H2,1-2H3. The van der Waals surface area contributed by atoms with Gasteiger partial charge in [-0.3, -0.25) is 0 Å². The molecule has 0 aliphatic carbocycles. The van der Waals surface area contributed by atoms with Crippen LogP contribution in [0.15, 0.2) is 18.2 Å². The number of hydrogen-bond donors (Lipinski definition) is 1. The van der Waals surface area contributed by atoms with Crippen molar-refractivity contribution in [2.45, 2.75) is 31.9 Å². The second-order valence-corrected chi connectivity index (χ2v) is 5.27. The van der Waals surface area contributed by atoms with Gasteiger partial charge in [0.2, 0.25) is 0 Å². The van der Waals surface area contributed by atoms with Gasteiger partial charge in [-0.1, -0.05) is 23.7 Å². The van der Waals surface area contributed by atoms with Crippen LogP contribution in [0.1, 0.15) is 37.3 Å². The fraction of sp³-hybridized carbons (Fsp3) is 0.538. The lowest BCUT2D eigenvalue weighted by Crippen LogP contribution is -2.17. The van der Waals surface area contributed by atoms with Crippen molar-refractivity contribution in [1.82, 2.24) is 5.32 Å². The normalized spacial score (nSPS) is 21.4. The number of benzene rings is 1. The average Bonchev–Trinajstić information content (AvgIpc) is 2.67. The van der Waals surface area contributed by atoms with Gasteiger partial charge in [-0.2, -0.15) is 0 Å². The molecule has 16 heavy (non-hydrogen) atoms. The summed E-state index contributed by atoms with van der Waals surface area (Å²) < 4.78 is 14.2. The molecule has 0 bridgehead atoms. The maximum Gasteiger partial charge on any atom is 0.132 e. The van der Waals surface area contributed by atoms with Gasteiger partial charge in [-0.05, 0) is 44.4 Å². The molecule has 1 aliphatic rings. The smallest absolute Gasteiger partial charge is 0.132 e. The summed E-state index contributed by atoms with van der Waals surface area (Å²) in [6.45, 7) is 5.06. The van der Waals surface area contributed by atoms with Crippen LogP contribution in [0.3, 0.4) is 0 Å². The highest BCUT2D eigenvalue weighted by molar-refractivity contribution is 6.31. The van der Waals surface area contributed by atoms with E-state index < -0.39 is 5.67 Å². The van der Waals surface area contributed by atoms with Gasteiger partial charge in [0.1, 0.15) is 5.67 Å². The van der Waals surface area contributed by atoms with Crippen LogP contribution in [0.4, 0.5) is 4.39 Å². The highest BCUT2D eigenvalue weighted by Crippen LogP contribution is 2.38. The van der Waals surface area contributed by atoms with Crippen molar-refractivity contribution >= 4 is 11.6 Å². The largest absolute Gasteiger partial charge is 0.316 e. The third-order valence-corrected chi connectivity index (χ3v) is 3.46. The zero-order chi connectivity index (χ0) is 11.8. The van der Waals surface area contributed by atoms with Crippen LogP contribution in [-0.2, 0) is 5.67 Å². The molecule has 1 atom stereocenters. The molecule has 1 nitrogen and oxygen atoms in total. The Morgan fingerprint density at radius 1 is 1.44 bits per heavy atom. The van der Waals surface area contributed by atoms with E-state index in [-0.39, 0.29) is 0 Å². The van der Waals surface area contributed by atoms with Crippen LogP contribution < -0.4 is 5.32 Å². The Morgan fingerprint density at radius 2 is 2.19 bits per heavy atom. The van der Waals surface area contributed by atoms with Gasteiger partial charge < -0.3 is 5.32 Å². The molecule has 1 unspecified atom stereocenters. The Balaban J connectivity index is 2.47. The topological polar surface area (TPSA) is 12.0 Å². The highest BCUT2D eigenvalue weighted by Gasteiger charge is 2.29. The van der Waals surface area contributed by atoms with Crippen LogP contribution in [0.5, 0.6) is 0 Å². The summed E-state index contributed by atoms with van der Waals surface area (Å²) in [5.41, 5.74) is 0.339. The Morgan fingerprint density at radius 3 is 2.75 bits per heavy atom. The van der Waals surface area contributed by atoms with Crippen molar-refractivity contribution in [2.75, 3.05) is 13.1 Å². The Labute approximate surface area is 101 Å². The molecule has 1 aromatic carbocycles. The fourth-order valence-electron chi connectivity index (χ4n) is 2.43. The first-order valence-corrected chi connectivity index (χ1v) is 6.06. The van der Waals surface area contributed by atoms with E-state index in [9.17, 15) is 4.39 Å². The summed E-state index contributed by atoms with van der Waals surface area (Å²) in [6.07, 6.45) is 1.06. The summed E-state index contributed by atoms with van der Waals surface area (Å²) in [5.74, 6) is 0.392. The summed E-state index contributed by atoms with van der Waals surface area (Å²) in [5, 5.41) is 3.84. The monoisotopic (exact) mass is 241 g/mol. The summed E-state index contributed by atoms with van der Waals surface area (Å²) in [6, 6.07) is 5.68. The molecule has 0 saturated carbocycles. The predicted molar refractivity (Wildman–Crippen MR) is 65.8 cm³/mol. The number of nitrogens with one attached hydrogen (secondary N) is 1. The first-order valence-electron chi connectivity index (χ1n) is 5.68. The van der Waals surface area contributed by atoms with Gasteiger partial charge in [0, 0.05) is 17.1 Å². The van der Waals surface area contributed by atoms with E-state index in [0.29, 0.717) is 16.5 Å². The van der Waals surface area contributed by atoms with Crippen LogP contribution in [0.2, 0.25) is 5.02 Å². The molecule has 1 saturated heterocycles. The van der Waals surface area contributed by atoms with Gasteiger partial charge in [0.15, 0.2) is 0 Å². The Hall–Kier alpha value is -0.600. The molecular weight excluding hydrogens is 225 g/mol. The molecule has 1 aromatic rings. The number of hydrogen-bond acceptors (Lipinski definition) is 1. The van der Waals surface area contributed by atoms with Crippen LogP contribution in [0, 0.1) is 0 Å². The van der Waals surface area contributed by atoms with Gasteiger partial charge in [-0.15, -0.1) is 0 Å². The molecule has 0 radical (unpaired) electrons. The number of halogens is 2. The van der Waals surface area contributed by atoms with Gasteiger partial charge in [-0.25, -0.2) is 4.39 Å². The third-order valence-electron chi connectivity index (χ3n) is 3.14. The zero-order valence-electron chi connectivity index (χ0n) is 9.69. The Kier molecular flexibility index (Phi) is 3.22. The van der Waals surface area contributed by atoms with Crippen molar-refractivity contribution in [3.8, 4) is 0 Å². The minimum absolute atomic E-state index is 0.392. The zero-order valence-corrected chi connectivity index (χ0v) is 10.4. The molecule has 1 aliphatic heterocycles. The maximum atomic E-state index is 14.2. The summed E-state index contributed by atoms with van der Waals surface area (Å²) in [4.78, 5) is 0. The molecule has 1 N–H and O–H groups in total. The van der Waals surface area contributed by atoms with Crippen molar-refractivity contribution in [3.05, 3.63) is 34.3 Å². The lowest BCUT2D eigenvalue weighted by atomic mass is 9.87. The molecule has 1 fully saturated rings. The SMILES string of the molecule is CC(C)(F)c1c(Cl)cccc1C1CCNC1. The quantitative estimate of drug-likeness (QED) is 0.834. The second-order valence-electron chi connectivity index (χ2n) is 4.87. The molecule has 0 aromatic heterocycles. The first-order chi connectivity index (χ1) is 7.50. The molecule has 0 spiro atoms. The van der Waals surface area contributed by atoms with E-state index in [1.54, 1.807) is 19.9 Å². The maximum absolute atomic E-state index is 14.2. The second kappa shape index (κ2) is 4.34. The summed E-state index contributed by atoms with van der Waals surface area (Å²) in [7, 11) is 0. The van der Waals surface area contributed by atoms with Crippen molar-refractivity contribution < 1.29 is 4.39 Å². The van der Waals surface area contributed by atoms with E-state index in [4.69, 9.17) is 11.6 Å². The fourth-order valence-corrected chi connectivity index (χ4v) is 2.83. The number of rotatable bonds is 2. The van der Waals surface area contributed by atoms with Gasteiger partial charge in [0.05, 0.1) is 0 Å². The molecule has 1 heterocycles. The lowest BCUT2D eigenvalue weighted by molar-refractivity contribution is 0.219. The Bertz CT molecular complexity index is 378. The minimum atomic E-state index is -1.38. The van der Waals surface area contributed by atoms with Crippen LogP contribution >= 0.6 is 11.6 Å². The van der Waals surface area contributed by atoms with Gasteiger partial charge >= 0.3 is 0 Å². The third kappa shape index (κ3) is 2.23. The minimum Gasteiger partial charge on any atom is -0.316 e. The predicted octanol–water partition coefficient (Wildman–Crippen LogP) is 3.62. The highest BCUT2D eigenvalue weighted by atomic mass is 35.5. The van der Waals surface area contributed by atoms with E-state index in [0.717, 1.165) is 25.1 Å². The summed E-state index contributed by atoms with van der Waals surface area (Å²) >= 11 is 6.13. The van der Waals surface area contributed by atoms with Gasteiger partial charge in [0.25, 0.3) is 0 Å². The van der Waals surface area contributed by atoms with Crippen molar-refractivity contribution in [3.63, 3.8) is 0 Å². The molecule has 88 valence electrons.